The molecule has 0 unspecified atom stereocenters. The number of hydrogen-bond acceptors (Lipinski definition) is 3. The predicted octanol–water partition coefficient (Wildman–Crippen LogP) is 2.35. The number of rotatable bonds is 3. The summed E-state index contributed by atoms with van der Waals surface area (Å²) in [5, 5.41) is 1.97. The van der Waals surface area contributed by atoms with E-state index in [1.54, 1.807) is 34.2 Å². The predicted molar refractivity (Wildman–Crippen MR) is 77.7 cm³/mol. The van der Waals surface area contributed by atoms with E-state index < -0.39 is 0 Å². The van der Waals surface area contributed by atoms with E-state index in [0.29, 0.717) is 12.1 Å². The highest BCUT2D eigenvalue weighted by atomic mass is 79.9. The van der Waals surface area contributed by atoms with Crippen molar-refractivity contribution < 1.29 is 0 Å². The molecule has 0 radical (unpaired) electrons. The fraction of sp³-hybridized carbons (Fsp3) is 0.0909. The van der Waals surface area contributed by atoms with Crippen molar-refractivity contribution in [1.82, 2.24) is 4.57 Å². The van der Waals surface area contributed by atoms with Crippen molar-refractivity contribution in [3.05, 3.63) is 55.0 Å². The number of halogens is 1. The summed E-state index contributed by atoms with van der Waals surface area (Å²) in [5.74, 6) is 0. The van der Waals surface area contributed by atoms with Crippen LogP contribution in [0.2, 0.25) is 0 Å². The van der Waals surface area contributed by atoms with Crippen molar-refractivity contribution in [1.29, 1.82) is 0 Å². The van der Waals surface area contributed by atoms with E-state index >= 15 is 0 Å². The molecule has 0 saturated heterocycles. The Kier molecular flexibility index (Phi) is 3.76. The monoisotopic (exact) mass is 328 g/mol. The second kappa shape index (κ2) is 5.12. The van der Waals surface area contributed by atoms with Crippen LogP contribution in [-0.4, -0.2) is 9.56 Å². The summed E-state index contributed by atoms with van der Waals surface area (Å²) in [6, 6.07) is 5.38. The van der Waals surface area contributed by atoms with Gasteiger partial charge < -0.3 is 10.3 Å². The molecule has 3 nitrogen and oxygen atoms in total. The van der Waals surface area contributed by atoms with Crippen LogP contribution >= 0.6 is 39.5 Å². The van der Waals surface area contributed by atoms with Crippen molar-refractivity contribution >= 4 is 44.5 Å². The van der Waals surface area contributed by atoms with Crippen LogP contribution in [0.15, 0.2) is 39.0 Å². The molecule has 2 aromatic rings. The first kappa shape index (κ1) is 12.5. The molecular weight excluding hydrogens is 320 g/mol. The Balaban J connectivity index is 2.41. The minimum absolute atomic E-state index is 0.134. The van der Waals surface area contributed by atoms with Gasteiger partial charge in [-0.05, 0) is 39.5 Å². The normalized spacial score (nSPS) is 10.4. The molecule has 2 aromatic heterocycles. The van der Waals surface area contributed by atoms with Gasteiger partial charge in [-0.25, -0.2) is 0 Å². The Bertz CT molecular complexity index is 618. The molecule has 0 aliphatic rings. The van der Waals surface area contributed by atoms with Crippen molar-refractivity contribution in [2.45, 2.75) is 6.54 Å². The summed E-state index contributed by atoms with van der Waals surface area (Å²) in [6.07, 6.45) is 1.73. The third-order valence-electron chi connectivity index (χ3n) is 2.29. The van der Waals surface area contributed by atoms with Crippen LogP contribution in [0.25, 0.3) is 0 Å². The first-order chi connectivity index (χ1) is 8.09. The third-order valence-corrected chi connectivity index (χ3v) is 4.42. The minimum atomic E-state index is -0.152. The summed E-state index contributed by atoms with van der Waals surface area (Å²) in [6.45, 7) is 0.521. The molecule has 0 atom stereocenters. The van der Waals surface area contributed by atoms with Gasteiger partial charge in [0.2, 0.25) is 0 Å². The van der Waals surface area contributed by atoms with E-state index in [1.807, 2.05) is 11.4 Å². The molecule has 2 rings (SSSR count). The molecule has 0 aliphatic heterocycles. The fourth-order valence-electron chi connectivity index (χ4n) is 1.44. The first-order valence-corrected chi connectivity index (χ1v) is 6.89. The number of pyridine rings is 1. The summed E-state index contributed by atoms with van der Waals surface area (Å²) in [5.41, 5.74) is 5.73. The van der Waals surface area contributed by atoms with Crippen molar-refractivity contribution in [2.24, 2.45) is 5.73 Å². The lowest BCUT2D eigenvalue weighted by atomic mass is 10.3. The van der Waals surface area contributed by atoms with Crippen LogP contribution < -0.4 is 11.3 Å². The van der Waals surface area contributed by atoms with Gasteiger partial charge in [0.05, 0.1) is 12.1 Å². The molecule has 88 valence electrons. The maximum absolute atomic E-state index is 12.0. The second-order valence-electron chi connectivity index (χ2n) is 3.41. The molecule has 2 N–H and O–H groups in total. The van der Waals surface area contributed by atoms with Gasteiger partial charge in [0, 0.05) is 15.5 Å². The Hall–Kier alpha value is -0.980. The Morgan fingerprint density at radius 3 is 2.88 bits per heavy atom. The molecular formula is C11H9BrN2OS2. The zero-order chi connectivity index (χ0) is 12.4. The van der Waals surface area contributed by atoms with Crippen LogP contribution in [0.1, 0.15) is 10.4 Å². The van der Waals surface area contributed by atoms with E-state index in [1.165, 1.54) is 0 Å². The Labute approximate surface area is 116 Å². The van der Waals surface area contributed by atoms with Gasteiger partial charge in [0.15, 0.2) is 0 Å². The Morgan fingerprint density at radius 2 is 2.29 bits per heavy atom. The average Bonchev–Trinajstić information content (AvgIpc) is 2.67. The van der Waals surface area contributed by atoms with E-state index in [0.717, 1.165) is 9.35 Å². The van der Waals surface area contributed by atoms with Crippen LogP contribution in [0, 0.1) is 0 Å². The number of thiocarbonyl (C=S) groups is 1. The standard InChI is InChI=1S/C11H9BrN2OS2/c12-8-3-5-17-9(8)6-14-4-1-2-7(10(13)16)11(14)15/h1-5H,6H2,(H2,13,16). The highest BCUT2D eigenvalue weighted by molar-refractivity contribution is 9.10. The highest BCUT2D eigenvalue weighted by Gasteiger charge is 2.08. The van der Waals surface area contributed by atoms with Crippen LogP contribution in [0.4, 0.5) is 0 Å². The summed E-state index contributed by atoms with van der Waals surface area (Å²) >= 11 is 9.88. The third kappa shape index (κ3) is 2.65. The van der Waals surface area contributed by atoms with Crippen LogP contribution in [0.5, 0.6) is 0 Å². The minimum Gasteiger partial charge on any atom is -0.389 e. The van der Waals surface area contributed by atoms with Gasteiger partial charge in [-0.3, -0.25) is 4.79 Å². The zero-order valence-electron chi connectivity index (χ0n) is 8.72. The van der Waals surface area contributed by atoms with Gasteiger partial charge in [0.25, 0.3) is 5.56 Å². The number of hydrogen-bond donors (Lipinski definition) is 1. The summed E-state index contributed by atoms with van der Waals surface area (Å²) in [7, 11) is 0. The van der Waals surface area contributed by atoms with Gasteiger partial charge in [-0.2, -0.15) is 0 Å². The lowest BCUT2D eigenvalue weighted by Gasteiger charge is -2.06. The number of nitrogens with zero attached hydrogens (tertiary/aromatic N) is 1. The van der Waals surface area contributed by atoms with E-state index in [2.05, 4.69) is 15.9 Å². The van der Waals surface area contributed by atoms with Crippen LogP contribution in [0.3, 0.4) is 0 Å². The molecule has 0 aliphatic carbocycles. The molecule has 0 saturated carbocycles. The second-order valence-corrected chi connectivity index (χ2v) is 5.71. The molecule has 6 heteroatoms. The van der Waals surface area contributed by atoms with E-state index in [9.17, 15) is 4.79 Å². The molecule has 0 bridgehead atoms. The van der Waals surface area contributed by atoms with Gasteiger partial charge in [0.1, 0.15) is 4.99 Å². The van der Waals surface area contributed by atoms with Crippen molar-refractivity contribution in [2.75, 3.05) is 0 Å². The molecule has 17 heavy (non-hydrogen) atoms. The number of thiophene rings is 1. The molecule has 0 aromatic carbocycles. The topological polar surface area (TPSA) is 48.0 Å². The van der Waals surface area contributed by atoms with Gasteiger partial charge in [-0.1, -0.05) is 12.2 Å². The average molecular weight is 329 g/mol. The van der Waals surface area contributed by atoms with Crippen molar-refractivity contribution in [3.63, 3.8) is 0 Å². The first-order valence-electron chi connectivity index (χ1n) is 4.80. The van der Waals surface area contributed by atoms with Crippen molar-refractivity contribution in [3.8, 4) is 0 Å². The zero-order valence-corrected chi connectivity index (χ0v) is 11.9. The van der Waals surface area contributed by atoms with E-state index in [4.69, 9.17) is 18.0 Å². The van der Waals surface area contributed by atoms with Crippen LogP contribution in [-0.2, 0) is 6.54 Å². The lowest BCUT2D eigenvalue weighted by molar-refractivity contribution is 0.766. The fourth-order valence-corrected chi connectivity index (χ4v) is 3.07. The van der Waals surface area contributed by atoms with Gasteiger partial charge >= 0.3 is 0 Å². The number of nitrogens with two attached hydrogens (primary N) is 1. The SMILES string of the molecule is NC(=S)c1cccn(Cc2sccc2Br)c1=O. The molecule has 0 amide bonds. The molecule has 0 fully saturated rings. The smallest absolute Gasteiger partial charge is 0.261 e. The van der Waals surface area contributed by atoms with Gasteiger partial charge in [-0.15, -0.1) is 11.3 Å². The maximum Gasteiger partial charge on any atom is 0.261 e. The number of aromatic nitrogens is 1. The lowest BCUT2D eigenvalue weighted by Crippen LogP contribution is -2.28. The highest BCUT2D eigenvalue weighted by Crippen LogP contribution is 2.22. The largest absolute Gasteiger partial charge is 0.389 e. The maximum atomic E-state index is 12.0. The molecule has 2 heterocycles. The summed E-state index contributed by atoms with van der Waals surface area (Å²) in [4.78, 5) is 13.3. The Morgan fingerprint density at radius 1 is 1.53 bits per heavy atom. The van der Waals surface area contributed by atoms with E-state index in [-0.39, 0.29) is 10.5 Å². The molecule has 0 spiro atoms. The summed E-state index contributed by atoms with van der Waals surface area (Å²) < 4.78 is 2.61. The quantitative estimate of drug-likeness (QED) is 0.880.